The Bertz CT molecular complexity index is 1380. The summed E-state index contributed by atoms with van der Waals surface area (Å²) >= 11 is 13.5. The molecule has 0 spiro atoms. The molecule has 5 rings (SSSR count). The van der Waals surface area contributed by atoms with E-state index in [1.165, 1.54) is 23.7 Å². The average molecular weight is 543 g/mol. The Balaban J connectivity index is 1.45. The van der Waals surface area contributed by atoms with E-state index in [9.17, 15) is 10.0 Å². The number of benzene rings is 2. The number of thiazole rings is 1. The molecule has 0 atom stereocenters. The molecular weight excluding hydrogens is 523 g/mol. The van der Waals surface area contributed by atoms with Crippen molar-refractivity contribution >= 4 is 57.1 Å². The van der Waals surface area contributed by atoms with E-state index < -0.39 is 6.03 Å². The van der Waals surface area contributed by atoms with Gasteiger partial charge in [-0.05, 0) is 42.0 Å². The van der Waals surface area contributed by atoms with Gasteiger partial charge in [-0.25, -0.2) is 19.7 Å². The number of aromatic nitrogens is 3. The number of anilines is 3. The zero-order chi connectivity index (χ0) is 25.1. The molecule has 2 N–H and O–H groups in total. The van der Waals surface area contributed by atoms with E-state index in [1.807, 2.05) is 6.07 Å². The molecule has 0 aliphatic carbocycles. The van der Waals surface area contributed by atoms with E-state index in [4.69, 9.17) is 32.9 Å². The van der Waals surface area contributed by atoms with Crippen LogP contribution in [0, 0.1) is 0 Å². The van der Waals surface area contributed by atoms with E-state index in [1.54, 1.807) is 42.6 Å². The Labute approximate surface area is 220 Å². The fraction of sp³-hybridized carbons (Fsp3) is 0.167. The molecule has 1 aliphatic rings. The van der Waals surface area contributed by atoms with Crippen LogP contribution in [0.15, 0.2) is 61.1 Å². The second-order valence-corrected chi connectivity index (χ2v) is 9.58. The highest BCUT2D eigenvalue weighted by Crippen LogP contribution is 2.40. The van der Waals surface area contributed by atoms with Gasteiger partial charge in [0.1, 0.15) is 12.0 Å². The van der Waals surface area contributed by atoms with Crippen LogP contribution in [0.5, 0.6) is 0 Å². The molecule has 184 valence electrons. The van der Waals surface area contributed by atoms with Gasteiger partial charge in [0.2, 0.25) is 0 Å². The molecule has 12 heteroatoms. The zero-order valence-corrected chi connectivity index (χ0v) is 21.1. The highest BCUT2D eigenvalue weighted by Gasteiger charge is 2.22. The summed E-state index contributed by atoms with van der Waals surface area (Å²) in [7, 11) is 0. The van der Waals surface area contributed by atoms with Crippen LogP contribution in [-0.4, -0.2) is 52.5 Å². The summed E-state index contributed by atoms with van der Waals surface area (Å²) in [6.45, 7) is 2.77. The normalized spacial score (nSPS) is 13.5. The Hall–Kier alpha value is -3.28. The highest BCUT2D eigenvalue weighted by atomic mass is 35.5. The van der Waals surface area contributed by atoms with Crippen molar-refractivity contribution in [2.24, 2.45) is 0 Å². The molecule has 3 heterocycles. The van der Waals surface area contributed by atoms with Crippen LogP contribution in [0.3, 0.4) is 0 Å². The summed E-state index contributed by atoms with van der Waals surface area (Å²) in [5, 5.41) is 15.3. The van der Waals surface area contributed by atoms with Gasteiger partial charge in [-0.15, -0.1) is 0 Å². The first-order chi connectivity index (χ1) is 17.5. The number of nitrogens with zero attached hydrogens (tertiary/aromatic N) is 5. The van der Waals surface area contributed by atoms with Crippen LogP contribution in [0.25, 0.3) is 21.8 Å². The maximum Gasteiger partial charge on any atom is 0.350 e. The second kappa shape index (κ2) is 10.8. The Kier molecular flexibility index (Phi) is 7.30. The maximum atomic E-state index is 12.7. The SMILES string of the molecule is O=C(Nc1ccc(Cl)c(Cl)c1)N(O)c1cccc(-c2sc(N3CCOCC3)nc2-c2ccncn2)c1. The summed E-state index contributed by atoms with van der Waals surface area (Å²) in [6, 6.07) is 12.7. The lowest BCUT2D eigenvalue weighted by atomic mass is 10.1. The number of morpholine rings is 1. The van der Waals surface area contributed by atoms with Crippen LogP contribution < -0.4 is 15.3 Å². The number of ether oxygens (including phenoxy) is 1. The minimum atomic E-state index is -0.750. The van der Waals surface area contributed by atoms with Gasteiger partial charge in [0, 0.05) is 25.0 Å². The third-order valence-electron chi connectivity index (χ3n) is 5.44. The summed E-state index contributed by atoms with van der Waals surface area (Å²) < 4.78 is 5.48. The van der Waals surface area contributed by atoms with E-state index in [-0.39, 0.29) is 5.69 Å². The number of carbonyl (C=O) groups is 1. The summed E-state index contributed by atoms with van der Waals surface area (Å²) in [4.78, 5) is 29.0. The number of amides is 2. The summed E-state index contributed by atoms with van der Waals surface area (Å²) in [5.74, 6) is 0. The van der Waals surface area contributed by atoms with Crippen molar-refractivity contribution in [3.05, 3.63) is 71.1 Å². The predicted molar refractivity (Wildman–Crippen MR) is 141 cm³/mol. The topological polar surface area (TPSA) is 104 Å². The van der Waals surface area contributed by atoms with Crippen molar-refractivity contribution < 1.29 is 14.7 Å². The first-order valence-electron chi connectivity index (χ1n) is 10.9. The quantitative estimate of drug-likeness (QED) is 0.241. The molecule has 0 radical (unpaired) electrons. The van der Waals surface area contributed by atoms with Crippen molar-refractivity contribution in [3.8, 4) is 21.8 Å². The van der Waals surface area contributed by atoms with Crippen LogP contribution in [0.2, 0.25) is 10.0 Å². The van der Waals surface area contributed by atoms with Crippen molar-refractivity contribution in [2.45, 2.75) is 0 Å². The van der Waals surface area contributed by atoms with Crippen molar-refractivity contribution in [2.75, 3.05) is 41.6 Å². The Morgan fingerprint density at radius 3 is 2.69 bits per heavy atom. The van der Waals surface area contributed by atoms with Gasteiger partial charge >= 0.3 is 6.03 Å². The minimum absolute atomic E-state index is 0.278. The van der Waals surface area contributed by atoms with Crippen molar-refractivity contribution in [1.82, 2.24) is 15.0 Å². The molecule has 9 nitrogen and oxygen atoms in total. The summed E-state index contributed by atoms with van der Waals surface area (Å²) in [6.07, 6.45) is 3.14. The van der Waals surface area contributed by atoms with E-state index in [0.717, 1.165) is 28.7 Å². The fourth-order valence-electron chi connectivity index (χ4n) is 3.65. The highest BCUT2D eigenvalue weighted by molar-refractivity contribution is 7.19. The predicted octanol–water partition coefficient (Wildman–Crippen LogP) is 5.84. The number of hydrogen-bond donors (Lipinski definition) is 2. The number of nitrogens with one attached hydrogen (secondary N) is 1. The fourth-order valence-corrected chi connectivity index (χ4v) is 5.07. The van der Waals surface area contributed by atoms with Crippen LogP contribution >= 0.6 is 34.5 Å². The molecule has 1 aliphatic heterocycles. The Morgan fingerprint density at radius 1 is 1.11 bits per heavy atom. The molecule has 1 saturated heterocycles. The number of hydroxylamine groups is 1. The smallest absolute Gasteiger partial charge is 0.350 e. The van der Waals surface area contributed by atoms with Crippen LogP contribution in [0.4, 0.5) is 21.3 Å². The third kappa shape index (κ3) is 5.28. The van der Waals surface area contributed by atoms with Gasteiger partial charge in [-0.2, -0.15) is 5.06 Å². The number of rotatable bonds is 5. The molecule has 2 amide bonds. The molecule has 1 fully saturated rings. The zero-order valence-electron chi connectivity index (χ0n) is 18.8. The largest absolute Gasteiger partial charge is 0.378 e. The lowest BCUT2D eigenvalue weighted by Gasteiger charge is -2.26. The number of hydrogen-bond acceptors (Lipinski definition) is 8. The number of carbonyl (C=O) groups excluding carboxylic acids is 1. The molecular formula is C24H20Cl2N6O3S. The minimum Gasteiger partial charge on any atom is -0.378 e. The molecule has 2 aromatic carbocycles. The number of halogens is 2. The number of urea groups is 1. The van der Waals surface area contributed by atoms with Crippen molar-refractivity contribution in [1.29, 1.82) is 0 Å². The Morgan fingerprint density at radius 2 is 1.94 bits per heavy atom. The molecule has 0 saturated carbocycles. The van der Waals surface area contributed by atoms with Crippen LogP contribution in [-0.2, 0) is 4.74 Å². The lowest BCUT2D eigenvalue weighted by Crippen LogP contribution is -2.36. The van der Waals surface area contributed by atoms with Gasteiger partial charge in [0.15, 0.2) is 5.13 Å². The van der Waals surface area contributed by atoms with E-state index >= 15 is 0 Å². The van der Waals surface area contributed by atoms with E-state index in [0.29, 0.717) is 45.4 Å². The van der Waals surface area contributed by atoms with E-state index in [2.05, 4.69) is 20.2 Å². The second-order valence-electron chi connectivity index (χ2n) is 7.79. The van der Waals surface area contributed by atoms with Gasteiger partial charge in [-0.3, -0.25) is 5.21 Å². The molecule has 0 bridgehead atoms. The van der Waals surface area contributed by atoms with Crippen molar-refractivity contribution in [3.63, 3.8) is 0 Å². The molecule has 36 heavy (non-hydrogen) atoms. The molecule has 0 unspecified atom stereocenters. The van der Waals surface area contributed by atoms with Gasteiger partial charge in [-0.1, -0.05) is 46.7 Å². The molecule has 4 aromatic rings. The average Bonchev–Trinajstić information content (AvgIpc) is 3.37. The first-order valence-corrected chi connectivity index (χ1v) is 12.5. The molecule has 2 aromatic heterocycles. The first kappa shape index (κ1) is 24.4. The standard InChI is InChI=1S/C24H20Cl2N6O3S/c25-18-5-4-16(13-19(18)26)29-23(33)32(34)17-3-1-2-15(12-17)22-21(20-6-7-27-14-28-20)30-24(36-22)31-8-10-35-11-9-31/h1-7,12-14,34H,8-11H2,(H,29,33). The van der Waals surface area contributed by atoms with Gasteiger partial charge < -0.3 is 15.0 Å². The third-order valence-corrected chi connectivity index (χ3v) is 7.34. The van der Waals surface area contributed by atoms with Crippen LogP contribution in [0.1, 0.15) is 0 Å². The summed E-state index contributed by atoms with van der Waals surface area (Å²) in [5.41, 5.74) is 2.83. The monoisotopic (exact) mass is 542 g/mol. The van der Waals surface area contributed by atoms with Gasteiger partial charge in [0.05, 0.1) is 39.5 Å². The maximum absolute atomic E-state index is 12.7. The van der Waals surface area contributed by atoms with Gasteiger partial charge in [0.25, 0.3) is 0 Å². The lowest BCUT2D eigenvalue weighted by molar-refractivity contribution is 0.122.